The number of halogens is 3. The van der Waals surface area contributed by atoms with Crippen molar-refractivity contribution < 1.29 is 18.0 Å². The van der Waals surface area contributed by atoms with E-state index in [1.807, 2.05) is 0 Å². The van der Waals surface area contributed by atoms with Gasteiger partial charge in [-0.15, -0.1) is 0 Å². The van der Waals surface area contributed by atoms with E-state index in [2.05, 4.69) is 5.32 Å². The van der Waals surface area contributed by atoms with Crippen LogP contribution in [-0.2, 0) is 4.79 Å². The highest BCUT2D eigenvalue weighted by atomic mass is 19.2. The second kappa shape index (κ2) is 5.64. The molecule has 0 aliphatic heterocycles. The summed E-state index contributed by atoms with van der Waals surface area (Å²) in [6.45, 7) is 0. The van der Waals surface area contributed by atoms with Crippen molar-refractivity contribution in [3.63, 3.8) is 0 Å². The van der Waals surface area contributed by atoms with Crippen molar-refractivity contribution in [1.82, 2.24) is 0 Å². The van der Waals surface area contributed by atoms with E-state index >= 15 is 0 Å². The Hall–Kier alpha value is -2.50. The van der Waals surface area contributed by atoms with Crippen molar-refractivity contribution in [2.24, 2.45) is 5.73 Å². The van der Waals surface area contributed by atoms with Crippen molar-refractivity contribution in [1.29, 1.82) is 0 Å². The topological polar surface area (TPSA) is 55.1 Å². The minimum atomic E-state index is -1.59. The van der Waals surface area contributed by atoms with Crippen LogP contribution in [0.5, 0.6) is 0 Å². The van der Waals surface area contributed by atoms with E-state index in [1.165, 1.54) is 0 Å². The van der Waals surface area contributed by atoms with E-state index in [1.54, 1.807) is 30.3 Å². The van der Waals surface area contributed by atoms with Gasteiger partial charge in [0.15, 0.2) is 17.5 Å². The zero-order chi connectivity index (χ0) is 14.7. The first-order valence-corrected chi connectivity index (χ1v) is 5.74. The van der Waals surface area contributed by atoms with Crippen LogP contribution in [0.15, 0.2) is 42.5 Å². The number of amides is 1. The van der Waals surface area contributed by atoms with Crippen LogP contribution in [0, 0.1) is 17.5 Å². The van der Waals surface area contributed by atoms with Gasteiger partial charge >= 0.3 is 0 Å². The molecule has 6 heteroatoms. The number of nitrogens with two attached hydrogens (primary N) is 1. The van der Waals surface area contributed by atoms with Crippen LogP contribution in [0.4, 0.5) is 18.9 Å². The minimum absolute atomic E-state index is 0.0854. The second-order valence-electron chi connectivity index (χ2n) is 4.14. The van der Waals surface area contributed by atoms with E-state index in [0.717, 1.165) is 12.1 Å². The van der Waals surface area contributed by atoms with Gasteiger partial charge in [0.25, 0.3) is 0 Å². The van der Waals surface area contributed by atoms with Crippen LogP contribution >= 0.6 is 0 Å². The number of rotatable bonds is 4. The summed E-state index contributed by atoms with van der Waals surface area (Å²) in [5.74, 6) is -5.17. The zero-order valence-corrected chi connectivity index (χ0v) is 10.2. The summed E-state index contributed by atoms with van der Waals surface area (Å²) in [6, 6.07) is 8.83. The molecule has 0 fully saturated rings. The van der Waals surface area contributed by atoms with Crippen molar-refractivity contribution >= 4 is 11.6 Å². The molecule has 0 aliphatic rings. The first kappa shape index (κ1) is 13.9. The van der Waals surface area contributed by atoms with Gasteiger partial charge in [0.05, 0.1) is 0 Å². The van der Waals surface area contributed by atoms with E-state index in [4.69, 9.17) is 5.73 Å². The Bertz CT molecular complexity index is 609. The molecule has 2 aromatic rings. The van der Waals surface area contributed by atoms with Crippen LogP contribution in [0.3, 0.4) is 0 Å². The van der Waals surface area contributed by atoms with Gasteiger partial charge in [0, 0.05) is 5.69 Å². The second-order valence-corrected chi connectivity index (χ2v) is 4.14. The summed E-state index contributed by atoms with van der Waals surface area (Å²) in [4.78, 5) is 11.4. The maximum Gasteiger partial charge on any atom is 0.244 e. The number of carbonyl (C=O) groups is 1. The maximum atomic E-state index is 13.2. The highest BCUT2D eigenvalue weighted by Gasteiger charge is 2.21. The van der Waals surface area contributed by atoms with E-state index < -0.39 is 29.4 Å². The Kier molecular flexibility index (Phi) is 3.93. The molecule has 3 nitrogen and oxygen atoms in total. The molecule has 2 aromatic carbocycles. The molecule has 104 valence electrons. The van der Waals surface area contributed by atoms with Crippen LogP contribution in [-0.4, -0.2) is 5.91 Å². The highest BCUT2D eigenvalue weighted by molar-refractivity contribution is 5.84. The van der Waals surface area contributed by atoms with Crippen LogP contribution in [0.1, 0.15) is 11.6 Å². The third kappa shape index (κ3) is 2.90. The Morgan fingerprint density at radius 3 is 2.10 bits per heavy atom. The monoisotopic (exact) mass is 280 g/mol. The Balaban J connectivity index is 2.37. The first-order valence-electron chi connectivity index (χ1n) is 5.74. The molecule has 1 unspecified atom stereocenters. The fourth-order valence-electron chi connectivity index (χ4n) is 1.76. The van der Waals surface area contributed by atoms with E-state index in [-0.39, 0.29) is 5.56 Å². The smallest absolute Gasteiger partial charge is 0.244 e. The van der Waals surface area contributed by atoms with E-state index in [9.17, 15) is 18.0 Å². The van der Waals surface area contributed by atoms with Gasteiger partial charge in [0.1, 0.15) is 6.04 Å². The molecule has 0 saturated heterocycles. The summed E-state index contributed by atoms with van der Waals surface area (Å²) in [6.07, 6.45) is 0. The third-order valence-corrected chi connectivity index (χ3v) is 2.71. The molecule has 0 spiro atoms. The third-order valence-electron chi connectivity index (χ3n) is 2.71. The number of hydrogen-bond acceptors (Lipinski definition) is 2. The molecule has 0 bridgehead atoms. The molecule has 1 atom stereocenters. The lowest BCUT2D eigenvalue weighted by atomic mass is 10.1. The lowest BCUT2D eigenvalue weighted by Gasteiger charge is -2.17. The summed E-state index contributed by atoms with van der Waals surface area (Å²) in [5.41, 5.74) is 5.67. The molecule has 1 amide bonds. The number of para-hydroxylation sites is 1. The molecule has 0 radical (unpaired) electrons. The van der Waals surface area contributed by atoms with Gasteiger partial charge in [0.2, 0.25) is 5.91 Å². The van der Waals surface area contributed by atoms with Crippen molar-refractivity contribution in [3.8, 4) is 0 Å². The standard InChI is InChI=1S/C14H11F3N2O/c15-10-6-8(7-11(16)12(10)17)13(14(18)20)19-9-4-2-1-3-5-9/h1-7,13,19H,(H2,18,20). The average molecular weight is 280 g/mol. The van der Waals surface area contributed by atoms with Gasteiger partial charge < -0.3 is 11.1 Å². The van der Waals surface area contributed by atoms with Crippen molar-refractivity contribution in [2.75, 3.05) is 5.32 Å². The van der Waals surface area contributed by atoms with Crippen LogP contribution in [0.25, 0.3) is 0 Å². The number of anilines is 1. The zero-order valence-electron chi connectivity index (χ0n) is 10.2. The maximum absolute atomic E-state index is 13.2. The Morgan fingerprint density at radius 2 is 1.60 bits per heavy atom. The quantitative estimate of drug-likeness (QED) is 0.846. The lowest BCUT2D eigenvalue weighted by Crippen LogP contribution is -2.28. The fraction of sp³-hybridized carbons (Fsp3) is 0.0714. The predicted molar refractivity (Wildman–Crippen MR) is 68.3 cm³/mol. The van der Waals surface area contributed by atoms with Crippen LogP contribution in [0.2, 0.25) is 0 Å². The number of carbonyl (C=O) groups excluding carboxylic acids is 1. The summed E-state index contributed by atoms with van der Waals surface area (Å²) in [5, 5.41) is 2.74. The molecule has 0 heterocycles. The molecule has 2 rings (SSSR count). The van der Waals surface area contributed by atoms with Gasteiger partial charge in [-0.3, -0.25) is 4.79 Å². The molecular weight excluding hydrogens is 269 g/mol. The summed E-state index contributed by atoms with van der Waals surface area (Å²) < 4.78 is 39.3. The molecule has 0 aromatic heterocycles. The van der Waals surface area contributed by atoms with Gasteiger partial charge in [-0.1, -0.05) is 18.2 Å². The Morgan fingerprint density at radius 1 is 1.05 bits per heavy atom. The van der Waals surface area contributed by atoms with Crippen LogP contribution < -0.4 is 11.1 Å². The SMILES string of the molecule is NC(=O)C(Nc1ccccc1)c1cc(F)c(F)c(F)c1. The molecule has 20 heavy (non-hydrogen) atoms. The number of primary amides is 1. The molecular formula is C14H11F3N2O. The van der Waals surface area contributed by atoms with Crippen molar-refractivity contribution in [2.45, 2.75) is 6.04 Å². The minimum Gasteiger partial charge on any atom is -0.370 e. The van der Waals surface area contributed by atoms with Gasteiger partial charge in [-0.05, 0) is 29.8 Å². The lowest BCUT2D eigenvalue weighted by molar-refractivity contribution is -0.118. The normalized spacial score (nSPS) is 11.9. The molecule has 0 aliphatic carbocycles. The number of nitrogens with one attached hydrogen (secondary N) is 1. The summed E-state index contributed by atoms with van der Waals surface area (Å²) in [7, 11) is 0. The number of benzene rings is 2. The molecule has 0 saturated carbocycles. The highest BCUT2D eigenvalue weighted by Crippen LogP contribution is 2.23. The van der Waals surface area contributed by atoms with Gasteiger partial charge in [-0.2, -0.15) is 0 Å². The largest absolute Gasteiger partial charge is 0.370 e. The van der Waals surface area contributed by atoms with Crippen molar-refractivity contribution in [3.05, 3.63) is 65.5 Å². The summed E-state index contributed by atoms with van der Waals surface area (Å²) >= 11 is 0. The van der Waals surface area contributed by atoms with Gasteiger partial charge in [-0.25, -0.2) is 13.2 Å². The number of hydrogen-bond donors (Lipinski definition) is 2. The first-order chi connectivity index (χ1) is 9.49. The molecule has 3 N–H and O–H groups in total. The average Bonchev–Trinajstić information content (AvgIpc) is 2.42. The predicted octanol–water partition coefficient (Wildman–Crippen LogP) is 2.74. The van der Waals surface area contributed by atoms with E-state index in [0.29, 0.717) is 5.69 Å². The Labute approximate surface area is 113 Å². The fourth-order valence-corrected chi connectivity index (χ4v) is 1.76.